The number of pyridine rings is 1. The van der Waals surface area contributed by atoms with Crippen LogP contribution in [-0.4, -0.2) is 34.4 Å². The van der Waals surface area contributed by atoms with Crippen LogP contribution in [0, 0.1) is 12.8 Å². The van der Waals surface area contributed by atoms with Gasteiger partial charge in [0.05, 0.1) is 11.4 Å². The Morgan fingerprint density at radius 2 is 1.83 bits per heavy atom. The van der Waals surface area contributed by atoms with Gasteiger partial charge in [-0.05, 0) is 83.6 Å². The van der Waals surface area contributed by atoms with Gasteiger partial charge in [0.1, 0.15) is 5.60 Å². The largest absolute Gasteiger partial charge is 0.459 e. The van der Waals surface area contributed by atoms with E-state index < -0.39 is 23.4 Å². The van der Waals surface area contributed by atoms with Crippen LogP contribution in [0.15, 0.2) is 24.3 Å². The molecule has 1 aliphatic rings. The molecule has 0 spiro atoms. The van der Waals surface area contributed by atoms with Gasteiger partial charge in [-0.3, -0.25) is 19.4 Å². The number of amides is 2. The third-order valence-corrected chi connectivity index (χ3v) is 6.77. The van der Waals surface area contributed by atoms with E-state index in [0.717, 1.165) is 18.2 Å². The number of hydrogen-bond acceptors (Lipinski definition) is 5. The number of ether oxygens (including phenoxy) is 1. The van der Waals surface area contributed by atoms with Crippen LogP contribution in [0.2, 0.25) is 0 Å². The highest BCUT2D eigenvalue weighted by molar-refractivity contribution is 5.98. The summed E-state index contributed by atoms with van der Waals surface area (Å²) in [4.78, 5) is 42.1. The first-order chi connectivity index (χ1) is 16.4. The number of primary amides is 1. The topological polar surface area (TPSA) is 111 Å². The summed E-state index contributed by atoms with van der Waals surface area (Å²) in [5.41, 5.74) is 7.31. The minimum absolute atomic E-state index is 0.0691. The number of nitrogens with two attached hydrogens (primary N) is 1. The number of nitrogens with one attached hydrogen (secondary N) is 1. The van der Waals surface area contributed by atoms with Crippen LogP contribution in [0.4, 0.5) is 0 Å². The molecule has 1 aromatic heterocycles. The minimum atomic E-state index is -0.655. The van der Waals surface area contributed by atoms with Crippen molar-refractivity contribution in [3.63, 3.8) is 0 Å². The second kappa shape index (κ2) is 11.2. The molecule has 3 rings (SSSR count). The molecule has 1 aliphatic carbocycles. The molecular weight excluding hydrogens is 442 g/mol. The predicted octanol–water partition coefficient (Wildman–Crippen LogP) is 4.93. The smallest absolute Gasteiger partial charge is 0.314 e. The molecule has 1 aromatic carbocycles. The van der Waals surface area contributed by atoms with Crippen molar-refractivity contribution in [1.29, 1.82) is 0 Å². The fourth-order valence-corrected chi connectivity index (χ4v) is 4.88. The molecule has 2 amide bonds. The summed E-state index contributed by atoms with van der Waals surface area (Å²) in [5, 5.41) is 3.98. The number of esters is 1. The number of fused-ring (bicyclic) bond motifs is 1. The van der Waals surface area contributed by atoms with Crippen molar-refractivity contribution in [3.05, 3.63) is 41.1 Å². The maximum absolute atomic E-state index is 13.0. The molecule has 1 fully saturated rings. The monoisotopic (exact) mass is 481 g/mol. The molecule has 0 aliphatic heterocycles. The zero-order valence-electron chi connectivity index (χ0n) is 21.6. The summed E-state index contributed by atoms with van der Waals surface area (Å²) in [6.45, 7) is 9.34. The molecular formula is C28H39N3O4. The van der Waals surface area contributed by atoms with Crippen LogP contribution in [0.5, 0.6) is 0 Å². The average molecular weight is 482 g/mol. The van der Waals surface area contributed by atoms with Crippen molar-refractivity contribution in [1.82, 2.24) is 10.3 Å². The Balaban J connectivity index is 1.85. The van der Waals surface area contributed by atoms with Crippen LogP contribution < -0.4 is 11.1 Å². The van der Waals surface area contributed by atoms with Gasteiger partial charge in [0.15, 0.2) is 0 Å². The van der Waals surface area contributed by atoms with E-state index in [-0.39, 0.29) is 24.8 Å². The number of carbonyl (C=O) groups excluding carboxylic acids is 3. The van der Waals surface area contributed by atoms with E-state index in [1.807, 2.05) is 39.8 Å². The standard InChI is InChI=1S/C28H39N3O4/c1-17(19-9-7-6-8-10-19)31-26(33)21-12-11-20-15-23(18(2)30-24(20)16-21)22(13-14-25(29)32)27(34)35-28(3,4)5/h11-12,15-17,19,22H,6-10,13-14H2,1-5H3,(H2,29,32)(H,31,33). The molecule has 2 atom stereocenters. The first kappa shape index (κ1) is 26.6. The number of nitrogens with zero attached hydrogens (tertiary/aromatic N) is 1. The van der Waals surface area contributed by atoms with Crippen LogP contribution >= 0.6 is 0 Å². The lowest BCUT2D eigenvalue weighted by Crippen LogP contribution is -2.38. The maximum Gasteiger partial charge on any atom is 0.314 e. The van der Waals surface area contributed by atoms with Crippen molar-refractivity contribution in [2.75, 3.05) is 0 Å². The Morgan fingerprint density at radius 3 is 2.46 bits per heavy atom. The van der Waals surface area contributed by atoms with E-state index in [1.54, 1.807) is 12.1 Å². The molecule has 35 heavy (non-hydrogen) atoms. The molecule has 3 N–H and O–H groups in total. The number of aromatic nitrogens is 1. The summed E-state index contributed by atoms with van der Waals surface area (Å²) < 4.78 is 5.62. The Morgan fingerprint density at radius 1 is 1.14 bits per heavy atom. The van der Waals surface area contributed by atoms with Crippen molar-refractivity contribution < 1.29 is 19.1 Å². The molecule has 2 aromatic rings. The Hall–Kier alpha value is -2.96. The second-order valence-corrected chi connectivity index (χ2v) is 10.8. The summed E-state index contributed by atoms with van der Waals surface area (Å²) in [6, 6.07) is 7.47. The van der Waals surface area contributed by atoms with Crippen LogP contribution in [0.25, 0.3) is 10.9 Å². The second-order valence-electron chi connectivity index (χ2n) is 10.8. The van der Waals surface area contributed by atoms with Gasteiger partial charge in [0.2, 0.25) is 5.91 Å². The molecule has 7 nitrogen and oxygen atoms in total. The number of carbonyl (C=O) groups is 3. The Kier molecular flexibility index (Phi) is 8.51. The van der Waals surface area contributed by atoms with Gasteiger partial charge in [-0.1, -0.05) is 25.3 Å². The van der Waals surface area contributed by atoms with Crippen molar-refractivity contribution in [2.24, 2.45) is 11.7 Å². The van der Waals surface area contributed by atoms with Gasteiger partial charge in [-0.15, -0.1) is 0 Å². The van der Waals surface area contributed by atoms with Gasteiger partial charge in [0.25, 0.3) is 5.91 Å². The predicted molar refractivity (Wildman–Crippen MR) is 137 cm³/mol. The highest BCUT2D eigenvalue weighted by atomic mass is 16.6. The number of benzene rings is 1. The van der Waals surface area contributed by atoms with Gasteiger partial charge in [-0.25, -0.2) is 0 Å². The van der Waals surface area contributed by atoms with Crippen LogP contribution in [0.3, 0.4) is 0 Å². The molecule has 1 saturated carbocycles. The zero-order chi connectivity index (χ0) is 25.8. The van der Waals surface area contributed by atoms with Gasteiger partial charge >= 0.3 is 5.97 Å². The summed E-state index contributed by atoms with van der Waals surface area (Å²) >= 11 is 0. The minimum Gasteiger partial charge on any atom is -0.459 e. The van der Waals surface area contributed by atoms with E-state index in [0.29, 0.717) is 28.3 Å². The zero-order valence-corrected chi connectivity index (χ0v) is 21.6. The third kappa shape index (κ3) is 7.26. The molecule has 2 unspecified atom stereocenters. The molecule has 7 heteroatoms. The van der Waals surface area contributed by atoms with E-state index in [4.69, 9.17) is 15.5 Å². The molecule has 0 saturated heterocycles. The number of rotatable bonds is 8. The summed E-state index contributed by atoms with van der Waals surface area (Å²) in [7, 11) is 0. The Labute approximate surface area is 208 Å². The van der Waals surface area contributed by atoms with E-state index in [9.17, 15) is 14.4 Å². The normalized spacial score (nSPS) is 16.5. The third-order valence-electron chi connectivity index (χ3n) is 6.77. The van der Waals surface area contributed by atoms with Crippen LogP contribution in [-0.2, 0) is 14.3 Å². The molecule has 0 radical (unpaired) electrons. The summed E-state index contributed by atoms with van der Waals surface area (Å²) in [5.74, 6) is -1.10. The average Bonchev–Trinajstić information content (AvgIpc) is 2.78. The fraction of sp³-hybridized carbons (Fsp3) is 0.571. The van der Waals surface area contributed by atoms with Gasteiger partial charge in [0, 0.05) is 29.1 Å². The lowest BCUT2D eigenvalue weighted by molar-refractivity contribution is -0.157. The van der Waals surface area contributed by atoms with Crippen molar-refractivity contribution in [3.8, 4) is 0 Å². The molecule has 0 bridgehead atoms. The van der Waals surface area contributed by atoms with Crippen LogP contribution in [0.1, 0.15) is 100 Å². The van der Waals surface area contributed by atoms with Crippen molar-refractivity contribution >= 4 is 28.7 Å². The quantitative estimate of drug-likeness (QED) is 0.519. The van der Waals surface area contributed by atoms with Gasteiger partial charge in [-0.2, -0.15) is 0 Å². The number of aryl methyl sites for hydroxylation is 1. The lowest BCUT2D eigenvalue weighted by Gasteiger charge is -2.28. The molecule has 1 heterocycles. The maximum atomic E-state index is 13.0. The SMILES string of the molecule is Cc1nc2cc(C(=O)NC(C)C3CCCCC3)ccc2cc1C(CCC(N)=O)C(=O)OC(C)(C)C. The summed E-state index contributed by atoms with van der Waals surface area (Å²) in [6.07, 6.45) is 6.39. The highest BCUT2D eigenvalue weighted by Gasteiger charge is 2.29. The highest BCUT2D eigenvalue weighted by Crippen LogP contribution is 2.30. The molecule has 190 valence electrons. The Bertz CT molecular complexity index is 1080. The first-order valence-corrected chi connectivity index (χ1v) is 12.7. The van der Waals surface area contributed by atoms with E-state index in [2.05, 4.69) is 12.2 Å². The van der Waals surface area contributed by atoms with E-state index in [1.165, 1.54) is 19.3 Å². The van der Waals surface area contributed by atoms with Gasteiger partial charge < -0.3 is 15.8 Å². The fourth-order valence-electron chi connectivity index (χ4n) is 4.88. The van der Waals surface area contributed by atoms with Crippen molar-refractivity contribution in [2.45, 2.75) is 97.1 Å². The van der Waals surface area contributed by atoms with E-state index >= 15 is 0 Å². The number of hydrogen-bond donors (Lipinski definition) is 2. The first-order valence-electron chi connectivity index (χ1n) is 12.7. The lowest BCUT2D eigenvalue weighted by atomic mass is 9.84.